The molecule has 1 fully saturated rings. The predicted octanol–water partition coefficient (Wildman–Crippen LogP) is 4.13. The first-order valence-corrected chi connectivity index (χ1v) is 7.08. The summed E-state index contributed by atoms with van der Waals surface area (Å²) in [6.45, 7) is 1.24. The molecule has 15 heavy (non-hydrogen) atoms. The van der Waals surface area contributed by atoms with Crippen molar-refractivity contribution in [3.8, 4) is 0 Å². The second-order valence-electron chi connectivity index (χ2n) is 5.18. The van der Waals surface area contributed by atoms with E-state index in [1.807, 2.05) is 0 Å². The van der Waals surface area contributed by atoms with Crippen LogP contribution in [0.3, 0.4) is 0 Å². The molecule has 0 unspecified atom stereocenters. The lowest BCUT2D eigenvalue weighted by Crippen LogP contribution is -2.18. The van der Waals surface area contributed by atoms with Crippen molar-refractivity contribution in [3.63, 3.8) is 0 Å². The number of hydrogen-bond acceptors (Lipinski definition) is 1. The Balaban J connectivity index is 2.19. The summed E-state index contributed by atoms with van der Waals surface area (Å²) in [4.78, 5) is 0. The monoisotopic (exact) mass is 211 g/mol. The Morgan fingerprint density at radius 3 is 1.53 bits per heavy atom. The molecule has 1 heteroatoms. The summed E-state index contributed by atoms with van der Waals surface area (Å²) >= 11 is 0. The molecule has 0 aromatic carbocycles. The molecule has 0 aromatic heterocycles. The lowest BCUT2D eigenvalue weighted by atomic mass is 9.93. The van der Waals surface area contributed by atoms with Gasteiger partial charge < -0.3 is 5.32 Å². The Morgan fingerprint density at radius 2 is 1.13 bits per heavy atom. The van der Waals surface area contributed by atoms with Crippen molar-refractivity contribution in [2.45, 2.75) is 70.6 Å². The normalized spacial score (nSPS) is 23.0. The molecule has 1 aliphatic carbocycles. The molecule has 0 heterocycles. The lowest BCUT2D eigenvalue weighted by Gasteiger charge is -2.17. The average Bonchev–Trinajstić information content (AvgIpc) is 2.22. The third-order valence-electron chi connectivity index (χ3n) is 3.72. The third kappa shape index (κ3) is 6.94. The van der Waals surface area contributed by atoms with Crippen molar-refractivity contribution >= 4 is 0 Å². The van der Waals surface area contributed by atoms with Gasteiger partial charge in [-0.3, -0.25) is 0 Å². The Morgan fingerprint density at radius 1 is 0.733 bits per heavy atom. The van der Waals surface area contributed by atoms with Crippen LogP contribution in [0, 0.1) is 5.92 Å². The maximum atomic E-state index is 3.35. The highest BCUT2D eigenvalue weighted by Crippen LogP contribution is 2.20. The molecule has 1 saturated carbocycles. The average molecular weight is 211 g/mol. The van der Waals surface area contributed by atoms with Crippen molar-refractivity contribution in [1.29, 1.82) is 0 Å². The first-order valence-electron chi connectivity index (χ1n) is 7.08. The highest BCUT2D eigenvalue weighted by molar-refractivity contribution is 4.63. The van der Waals surface area contributed by atoms with Gasteiger partial charge in [0.1, 0.15) is 0 Å². The Kier molecular flexibility index (Phi) is 7.99. The van der Waals surface area contributed by atoms with E-state index in [4.69, 9.17) is 0 Å². The zero-order chi connectivity index (χ0) is 10.8. The molecule has 0 aromatic rings. The number of hydrogen-bond donors (Lipinski definition) is 1. The highest BCUT2D eigenvalue weighted by Gasteiger charge is 2.07. The predicted molar refractivity (Wildman–Crippen MR) is 68.2 cm³/mol. The maximum absolute atomic E-state index is 3.35. The van der Waals surface area contributed by atoms with E-state index < -0.39 is 0 Å². The van der Waals surface area contributed by atoms with Crippen molar-refractivity contribution in [1.82, 2.24) is 5.32 Å². The molecule has 1 nitrogen and oxygen atoms in total. The number of rotatable bonds is 2. The summed E-state index contributed by atoms with van der Waals surface area (Å²) in [5.41, 5.74) is 0. The van der Waals surface area contributed by atoms with Crippen LogP contribution < -0.4 is 5.32 Å². The van der Waals surface area contributed by atoms with Crippen molar-refractivity contribution < 1.29 is 0 Å². The van der Waals surface area contributed by atoms with E-state index >= 15 is 0 Å². The third-order valence-corrected chi connectivity index (χ3v) is 3.72. The Hall–Kier alpha value is -0.0400. The largest absolute Gasteiger partial charge is 0.319 e. The number of nitrogens with one attached hydrogen (secondary N) is 1. The zero-order valence-corrected chi connectivity index (χ0v) is 10.6. The summed E-state index contributed by atoms with van der Waals surface area (Å²) in [6.07, 6.45) is 16.2. The van der Waals surface area contributed by atoms with Gasteiger partial charge in [0.25, 0.3) is 0 Å². The van der Waals surface area contributed by atoms with E-state index in [0.717, 1.165) is 5.92 Å². The van der Waals surface area contributed by atoms with Crippen molar-refractivity contribution in [2.24, 2.45) is 5.92 Å². The van der Waals surface area contributed by atoms with Gasteiger partial charge in [0.15, 0.2) is 0 Å². The van der Waals surface area contributed by atoms with Crippen LogP contribution in [0.4, 0.5) is 0 Å². The van der Waals surface area contributed by atoms with E-state index in [0.29, 0.717) is 0 Å². The summed E-state index contributed by atoms with van der Waals surface area (Å²) in [5, 5.41) is 3.35. The minimum absolute atomic E-state index is 0.953. The molecule has 0 amide bonds. The van der Waals surface area contributed by atoms with Crippen LogP contribution in [0.15, 0.2) is 0 Å². The molecular formula is C14H29N. The second kappa shape index (κ2) is 9.21. The van der Waals surface area contributed by atoms with Gasteiger partial charge in [-0.2, -0.15) is 0 Å². The van der Waals surface area contributed by atoms with Crippen LogP contribution in [-0.4, -0.2) is 13.6 Å². The van der Waals surface area contributed by atoms with Gasteiger partial charge in [0.05, 0.1) is 0 Å². The smallest absolute Gasteiger partial charge is 0.00235 e. The molecule has 0 radical (unpaired) electrons. The maximum Gasteiger partial charge on any atom is -0.00235 e. The fourth-order valence-electron chi connectivity index (χ4n) is 2.74. The fraction of sp³-hybridized carbons (Fsp3) is 1.00. The van der Waals surface area contributed by atoms with Crippen LogP contribution in [0.25, 0.3) is 0 Å². The molecule has 0 saturated heterocycles. The van der Waals surface area contributed by atoms with Crippen molar-refractivity contribution in [3.05, 3.63) is 0 Å². The SMILES string of the molecule is CNCC1CCCCCCCCCCC1. The first kappa shape index (κ1) is 13.0. The second-order valence-corrected chi connectivity index (χ2v) is 5.18. The molecule has 1 N–H and O–H groups in total. The van der Waals surface area contributed by atoms with Crippen LogP contribution in [0.1, 0.15) is 70.6 Å². The van der Waals surface area contributed by atoms with Crippen LogP contribution in [-0.2, 0) is 0 Å². The summed E-state index contributed by atoms with van der Waals surface area (Å²) in [6, 6.07) is 0. The van der Waals surface area contributed by atoms with Gasteiger partial charge in [-0.1, -0.05) is 57.8 Å². The molecule has 0 bridgehead atoms. The standard InChI is InChI=1S/C14H29N/c1-15-13-14-11-9-7-5-3-2-4-6-8-10-12-14/h14-15H,2-13H2,1H3. The van der Waals surface area contributed by atoms with Crippen molar-refractivity contribution in [2.75, 3.05) is 13.6 Å². The molecular weight excluding hydrogens is 182 g/mol. The van der Waals surface area contributed by atoms with Gasteiger partial charge in [-0.25, -0.2) is 0 Å². The summed E-state index contributed by atoms with van der Waals surface area (Å²) in [7, 11) is 2.09. The van der Waals surface area contributed by atoms with Gasteiger partial charge >= 0.3 is 0 Å². The topological polar surface area (TPSA) is 12.0 Å². The summed E-state index contributed by atoms with van der Waals surface area (Å²) in [5.74, 6) is 0.953. The first-order chi connectivity index (χ1) is 7.43. The highest BCUT2D eigenvalue weighted by atomic mass is 14.8. The Labute approximate surface area is 96.0 Å². The molecule has 0 atom stereocenters. The van der Waals surface area contributed by atoms with E-state index in [1.54, 1.807) is 0 Å². The van der Waals surface area contributed by atoms with E-state index in [-0.39, 0.29) is 0 Å². The zero-order valence-electron chi connectivity index (χ0n) is 10.6. The van der Waals surface area contributed by atoms with Gasteiger partial charge in [0.2, 0.25) is 0 Å². The summed E-state index contributed by atoms with van der Waals surface area (Å²) < 4.78 is 0. The van der Waals surface area contributed by atoms with Gasteiger partial charge in [-0.05, 0) is 32.4 Å². The van der Waals surface area contributed by atoms with Crippen LogP contribution >= 0.6 is 0 Å². The van der Waals surface area contributed by atoms with Crippen LogP contribution in [0.5, 0.6) is 0 Å². The minimum Gasteiger partial charge on any atom is -0.319 e. The van der Waals surface area contributed by atoms with E-state index in [1.165, 1.54) is 77.2 Å². The van der Waals surface area contributed by atoms with E-state index in [9.17, 15) is 0 Å². The molecule has 0 spiro atoms. The lowest BCUT2D eigenvalue weighted by molar-refractivity contribution is 0.384. The molecule has 90 valence electrons. The fourth-order valence-corrected chi connectivity index (χ4v) is 2.74. The van der Waals surface area contributed by atoms with Gasteiger partial charge in [-0.15, -0.1) is 0 Å². The Bertz CT molecular complexity index is 121. The van der Waals surface area contributed by atoms with Crippen LogP contribution in [0.2, 0.25) is 0 Å². The quantitative estimate of drug-likeness (QED) is 0.724. The minimum atomic E-state index is 0.953. The molecule has 0 aliphatic heterocycles. The molecule has 1 aliphatic rings. The van der Waals surface area contributed by atoms with Gasteiger partial charge in [0, 0.05) is 0 Å². The van der Waals surface area contributed by atoms with E-state index in [2.05, 4.69) is 12.4 Å². The molecule has 1 rings (SSSR count).